The SMILES string of the molecule is CCC(C(=O)O)S(=O)Cc1ccc(F)cc1Cl. The zero-order chi connectivity index (χ0) is 13.0. The minimum atomic E-state index is -1.56. The third-order valence-corrected chi connectivity index (χ3v) is 4.39. The molecule has 1 rings (SSSR count). The van der Waals surface area contributed by atoms with Gasteiger partial charge in [-0.2, -0.15) is 0 Å². The standard InChI is InChI=1S/C11H12ClFO3S/c1-2-10(11(14)15)17(16)6-7-3-4-8(13)5-9(7)12/h3-5,10H,2,6H2,1H3,(H,14,15). The Labute approximate surface area is 106 Å². The first-order chi connectivity index (χ1) is 7.95. The molecule has 17 heavy (non-hydrogen) atoms. The fourth-order valence-electron chi connectivity index (χ4n) is 1.37. The van der Waals surface area contributed by atoms with E-state index in [0.717, 1.165) is 6.07 Å². The summed E-state index contributed by atoms with van der Waals surface area (Å²) in [5.41, 5.74) is 0.492. The average molecular weight is 279 g/mol. The second kappa shape index (κ2) is 6.12. The van der Waals surface area contributed by atoms with Gasteiger partial charge in [0.05, 0.1) is 5.75 Å². The highest BCUT2D eigenvalue weighted by atomic mass is 35.5. The van der Waals surface area contributed by atoms with E-state index in [2.05, 4.69) is 0 Å². The summed E-state index contributed by atoms with van der Waals surface area (Å²) in [6.45, 7) is 1.66. The van der Waals surface area contributed by atoms with Gasteiger partial charge in [-0.25, -0.2) is 4.39 Å². The summed E-state index contributed by atoms with van der Waals surface area (Å²) in [6, 6.07) is 3.75. The zero-order valence-corrected chi connectivity index (χ0v) is 10.7. The molecule has 1 N–H and O–H groups in total. The van der Waals surface area contributed by atoms with E-state index in [0.29, 0.717) is 5.56 Å². The Bertz CT molecular complexity index is 450. The monoisotopic (exact) mass is 278 g/mol. The van der Waals surface area contributed by atoms with Crippen molar-refractivity contribution in [3.8, 4) is 0 Å². The molecular formula is C11H12ClFO3S. The lowest BCUT2D eigenvalue weighted by atomic mass is 10.2. The first-order valence-corrected chi connectivity index (χ1v) is 6.75. The van der Waals surface area contributed by atoms with Crippen LogP contribution in [0.15, 0.2) is 18.2 Å². The quantitative estimate of drug-likeness (QED) is 0.901. The van der Waals surface area contributed by atoms with Crippen LogP contribution in [0.4, 0.5) is 4.39 Å². The fourth-order valence-corrected chi connectivity index (χ4v) is 3.03. The van der Waals surface area contributed by atoms with Crippen LogP contribution in [0.25, 0.3) is 0 Å². The van der Waals surface area contributed by atoms with E-state index >= 15 is 0 Å². The van der Waals surface area contributed by atoms with E-state index in [1.54, 1.807) is 6.92 Å². The van der Waals surface area contributed by atoms with E-state index in [1.165, 1.54) is 12.1 Å². The van der Waals surface area contributed by atoms with Crippen molar-refractivity contribution in [1.82, 2.24) is 0 Å². The van der Waals surface area contributed by atoms with Crippen molar-refractivity contribution in [3.05, 3.63) is 34.6 Å². The maximum atomic E-state index is 12.8. The van der Waals surface area contributed by atoms with Gasteiger partial charge in [-0.05, 0) is 24.1 Å². The molecule has 0 aliphatic heterocycles. The van der Waals surface area contributed by atoms with Crippen LogP contribution in [-0.2, 0) is 21.3 Å². The van der Waals surface area contributed by atoms with Crippen molar-refractivity contribution >= 4 is 28.4 Å². The molecule has 0 aliphatic carbocycles. The first kappa shape index (κ1) is 14.1. The predicted octanol–water partition coefficient (Wildman–Crippen LogP) is 2.59. The number of rotatable bonds is 5. The van der Waals surface area contributed by atoms with Gasteiger partial charge in [-0.15, -0.1) is 0 Å². The summed E-state index contributed by atoms with van der Waals surface area (Å²) >= 11 is 5.78. The molecule has 94 valence electrons. The molecule has 0 spiro atoms. The van der Waals surface area contributed by atoms with E-state index < -0.39 is 27.8 Å². The highest BCUT2D eigenvalue weighted by molar-refractivity contribution is 7.85. The average Bonchev–Trinajstić information content (AvgIpc) is 2.22. The lowest BCUT2D eigenvalue weighted by molar-refractivity contribution is -0.136. The van der Waals surface area contributed by atoms with Gasteiger partial charge in [-0.1, -0.05) is 24.6 Å². The third-order valence-electron chi connectivity index (χ3n) is 2.28. The van der Waals surface area contributed by atoms with Crippen LogP contribution >= 0.6 is 11.6 Å². The molecule has 2 unspecified atom stereocenters. The summed E-state index contributed by atoms with van der Waals surface area (Å²) < 4.78 is 24.6. The summed E-state index contributed by atoms with van der Waals surface area (Å²) in [6.07, 6.45) is 0.279. The van der Waals surface area contributed by atoms with Crippen LogP contribution in [0.3, 0.4) is 0 Å². The highest BCUT2D eigenvalue weighted by Gasteiger charge is 2.23. The Balaban J connectivity index is 2.84. The van der Waals surface area contributed by atoms with Crippen molar-refractivity contribution in [1.29, 1.82) is 0 Å². The molecule has 0 saturated carbocycles. The number of carboxylic acid groups (broad SMARTS) is 1. The van der Waals surface area contributed by atoms with Crippen molar-refractivity contribution in [3.63, 3.8) is 0 Å². The Morgan fingerprint density at radius 2 is 2.24 bits per heavy atom. The van der Waals surface area contributed by atoms with Gasteiger partial charge >= 0.3 is 5.97 Å². The van der Waals surface area contributed by atoms with Crippen LogP contribution in [-0.4, -0.2) is 20.5 Å². The Hall–Kier alpha value is -0.940. The maximum Gasteiger partial charge on any atom is 0.319 e. The van der Waals surface area contributed by atoms with Gasteiger partial charge in [0, 0.05) is 15.8 Å². The molecular weight excluding hydrogens is 267 g/mol. The van der Waals surface area contributed by atoms with Gasteiger partial charge in [0.25, 0.3) is 0 Å². The van der Waals surface area contributed by atoms with Crippen LogP contribution in [0.1, 0.15) is 18.9 Å². The largest absolute Gasteiger partial charge is 0.480 e. The van der Waals surface area contributed by atoms with Gasteiger partial charge in [0.15, 0.2) is 0 Å². The number of carbonyl (C=O) groups is 1. The molecule has 0 aliphatic rings. The lowest BCUT2D eigenvalue weighted by Crippen LogP contribution is -2.25. The number of benzene rings is 1. The van der Waals surface area contributed by atoms with E-state index in [1.807, 2.05) is 0 Å². The van der Waals surface area contributed by atoms with Crippen molar-refractivity contribution in [2.75, 3.05) is 0 Å². The van der Waals surface area contributed by atoms with E-state index in [-0.39, 0.29) is 17.2 Å². The number of hydrogen-bond donors (Lipinski definition) is 1. The molecule has 1 aromatic carbocycles. The lowest BCUT2D eigenvalue weighted by Gasteiger charge is -2.10. The number of halogens is 2. The minimum Gasteiger partial charge on any atom is -0.480 e. The normalized spacial score (nSPS) is 14.3. The predicted molar refractivity (Wildman–Crippen MR) is 65.0 cm³/mol. The zero-order valence-electron chi connectivity index (χ0n) is 9.15. The first-order valence-electron chi connectivity index (χ1n) is 4.99. The van der Waals surface area contributed by atoms with Gasteiger partial charge < -0.3 is 5.11 Å². The molecule has 6 heteroatoms. The Morgan fingerprint density at radius 3 is 2.71 bits per heavy atom. The van der Waals surface area contributed by atoms with Gasteiger partial charge in [0.1, 0.15) is 11.1 Å². The molecule has 0 radical (unpaired) electrons. The van der Waals surface area contributed by atoms with Crippen molar-refractivity contribution < 1.29 is 18.5 Å². The topological polar surface area (TPSA) is 54.4 Å². The molecule has 0 fully saturated rings. The Kier molecular flexibility index (Phi) is 5.08. The van der Waals surface area contributed by atoms with Gasteiger partial charge in [-0.3, -0.25) is 9.00 Å². The molecule has 0 bridgehead atoms. The second-order valence-electron chi connectivity index (χ2n) is 3.50. The smallest absolute Gasteiger partial charge is 0.319 e. The summed E-state index contributed by atoms with van der Waals surface area (Å²) in [5.74, 6) is -1.55. The van der Waals surface area contributed by atoms with Crippen molar-refractivity contribution in [2.45, 2.75) is 24.3 Å². The number of aliphatic carboxylic acids is 1. The molecule has 0 saturated heterocycles. The molecule has 0 heterocycles. The van der Waals surface area contributed by atoms with Crippen molar-refractivity contribution in [2.24, 2.45) is 0 Å². The fraction of sp³-hybridized carbons (Fsp3) is 0.364. The van der Waals surface area contributed by atoms with E-state index in [9.17, 15) is 13.4 Å². The molecule has 2 atom stereocenters. The number of carboxylic acids is 1. The molecule has 1 aromatic rings. The summed E-state index contributed by atoms with van der Waals surface area (Å²) in [7, 11) is -1.56. The molecule has 0 aromatic heterocycles. The minimum absolute atomic E-state index is 0.0178. The second-order valence-corrected chi connectivity index (χ2v) is 5.52. The van der Waals surface area contributed by atoms with Crippen LogP contribution in [0.2, 0.25) is 5.02 Å². The molecule has 0 amide bonds. The summed E-state index contributed by atoms with van der Waals surface area (Å²) in [5, 5.41) is 8.09. The van der Waals surface area contributed by atoms with Crippen LogP contribution in [0, 0.1) is 5.82 Å². The summed E-state index contributed by atoms with van der Waals surface area (Å²) in [4.78, 5) is 10.8. The molecule has 3 nitrogen and oxygen atoms in total. The highest BCUT2D eigenvalue weighted by Crippen LogP contribution is 2.20. The van der Waals surface area contributed by atoms with Crippen LogP contribution < -0.4 is 0 Å². The Morgan fingerprint density at radius 1 is 1.59 bits per heavy atom. The maximum absolute atomic E-state index is 12.8. The van der Waals surface area contributed by atoms with Gasteiger partial charge in [0.2, 0.25) is 0 Å². The number of hydrogen-bond acceptors (Lipinski definition) is 2. The van der Waals surface area contributed by atoms with E-state index in [4.69, 9.17) is 16.7 Å². The third kappa shape index (κ3) is 3.78. The van der Waals surface area contributed by atoms with Crippen LogP contribution in [0.5, 0.6) is 0 Å².